The average Bonchev–Trinajstić information content (AvgIpc) is 2.39. The van der Waals surface area contributed by atoms with Crippen LogP contribution in [0.15, 0.2) is 18.3 Å². The van der Waals surface area contributed by atoms with Crippen LogP contribution in [0.3, 0.4) is 0 Å². The Labute approximate surface area is 112 Å². The summed E-state index contributed by atoms with van der Waals surface area (Å²) in [5.41, 5.74) is -0.374. The molecule has 0 bridgehead atoms. The van der Waals surface area contributed by atoms with E-state index >= 15 is 0 Å². The normalized spacial score (nSPS) is 26.9. The second kappa shape index (κ2) is 5.52. The molecule has 0 spiro atoms. The first-order valence-electron chi connectivity index (χ1n) is 6.54. The van der Waals surface area contributed by atoms with E-state index in [1.54, 1.807) is 6.07 Å². The average molecular weight is 265 g/mol. The quantitative estimate of drug-likeness (QED) is 0.644. The maximum Gasteiger partial charge on any atom is 0.287 e. The fourth-order valence-electron chi connectivity index (χ4n) is 2.80. The van der Waals surface area contributed by atoms with Crippen molar-refractivity contribution >= 4 is 11.5 Å². The standard InChI is InChI=1S/C13H19N3O3/c1-10-3-2-6-13(7-10,9-17)15-12-5-4-11(8-14-12)16(18)19/h4-5,8,10,17H,2-3,6-7,9H2,1H3,(H,14,15). The summed E-state index contributed by atoms with van der Waals surface area (Å²) in [5.74, 6) is 1.14. The molecular formula is C13H19N3O3. The van der Waals surface area contributed by atoms with Crippen LogP contribution in [0.4, 0.5) is 11.5 Å². The number of nitrogens with one attached hydrogen (secondary N) is 1. The molecule has 1 heterocycles. The van der Waals surface area contributed by atoms with Gasteiger partial charge in [-0.1, -0.05) is 19.8 Å². The minimum absolute atomic E-state index is 0.0272. The van der Waals surface area contributed by atoms with E-state index in [0.29, 0.717) is 11.7 Å². The van der Waals surface area contributed by atoms with Crippen LogP contribution in [-0.2, 0) is 0 Å². The van der Waals surface area contributed by atoms with Crippen LogP contribution >= 0.6 is 0 Å². The molecule has 0 amide bonds. The van der Waals surface area contributed by atoms with Crippen LogP contribution in [0.5, 0.6) is 0 Å². The van der Waals surface area contributed by atoms with Gasteiger partial charge in [0.2, 0.25) is 0 Å². The molecular weight excluding hydrogens is 246 g/mol. The molecule has 1 aliphatic rings. The van der Waals surface area contributed by atoms with E-state index in [9.17, 15) is 15.2 Å². The minimum atomic E-state index is -0.471. The third-order valence-electron chi connectivity index (χ3n) is 3.75. The molecule has 0 aliphatic heterocycles. The summed E-state index contributed by atoms with van der Waals surface area (Å²) >= 11 is 0. The summed E-state index contributed by atoms with van der Waals surface area (Å²) in [7, 11) is 0. The van der Waals surface area contributed by atoms with Crippen LogP contribution in [0, 0.1) is 16.0 Å². The van der Waals surface area contributed by atoms with Crippen LogP contribution < -0.4 is 5.32 Å². The Bertz CT molecular complexity index is 449. The minimum Gasteiger partial charge on any atom is -0.394 e. The Balaban J connectivity index is 2.11. The van der Waals surface area contributed by atoms with Gasteiger partial charge in [0.25, 0.3) is 5.69 Å². The lowest BCUT2D eigenvalue weighted by atomic mass is 9.77. The highest BCUT2D eigenvalue weighted by Crippen LogP contribution is 2.34. The summed E-state index contributed by atoms with van der Waals surface area (Å²) in [6.45, 7) is 2.23. The zero-order chi connectivity index (χ0) is 13.9. The first-order valence-corrected chi connectivity index (χ1v) is 6.54. The lowest BCUT2D eigenvalue weighted by Crippen LogP contribution is -2.46. The molecule has 19 heavy (non-hydrogen) atoms. The van der Waals surface area contributed by atoms with Gasteiger partial charge in [0.15, 0.2) is 0 Å². The maximum absolute atomic E-state index is 10.6. The van der Waals surface area contributed by atoms with Gasteiger partial charge >= 0.3 is 0 Å². The zero-order valence-corrected chi connectivity index (χ0v) is 11.0. The fraction of sp³-hybridized carbons (Fsp3) is 0.615. The number of aliphatic hydroxyl groups excluding tert-OH is 1. The van der Waals surface area contributed by atoms with E-state index in [1.165, 1.54) is 18.7 Å². The molecule has 0 saturated heterocycles. The summed E-state index contributed by atoms with van der Waals surface area (Å²) in [6, 6.07) is 3.02. The van der Waals surface area contributed by atoms with Crippen molar-refractivity contribution < 1.29 is 10.0 Å². The maximum atomic E-state index is 10.6. The topological polar surface area (TPSA) is 88.3 Å². The predicted molar refractivity (Wildman–Crippen MR) is 72.0 cm³/mol. The first-order chi connectivity index (χ1) is 9.04. The molecule has 1 aromatic rings. The van der Waals surface area contributed by atoms with Crippen LogP contribution in [0.25, 0.3) is 0 Å². The second-order valence-electron chi connectivity index (χ2n) is 5.42. The Morgan fingerprint density at radius 1 is 1.63 bits per heavy atom. The molecule has 2 atom stereocenters. The highest BCUT2D eigenvalue weighted by molar-refractivity contribution is 5.42. The lowest BCUT2D eigenvalue weighted by Gasteiger charge is -2.39. The van der Waals surface area contributed by atoms with Crippen molar-refractivity contribution in [3.63, 3.8) is 0 Å². The monoisotopic (exact) mass is 265 g/mol. The SMILES string of the molecule is CC1CCCC(CO)(Nc2ccc([N+](=O)[O-])cn2)C1. The van der Waals surface area contributed by atoms with Crippen LogP contribution in [-0.4, -0.2) is 27.2 Å². The molecule has 1 aromatic heterocycles. The predicted octanol–water partition coefficient (Wildman–Crippen LogP) is 2.34. The number of hydrogen-bond acceptors (Lipinski definition) is 5. The van der Waals surface area contributed by atoms with Crippen molar-refractivity contribution in [3.8, 4) is 0 Å². The van der Waals surface area contributed by atoms with Crippen molar-refractivity contribution in [1.82, 2.24) is 4.98 Å². The summed E-state index contributed by atoms with van der Waals surface area (Å²) in [4.78, 5) is 14.1. The molecule has 1 saturated carbocycles. The Kier molecular flexibility index (Phi) is 3.99. The second-order valence-corrected chi connectivity index (χ2v) is 5.42. The van der Waals surface area contributed by atoms with Crippen molar-refractivity contribution in [1.29, 1.82) is 0 Å². The summed E-state index contributed by atoms with van der Waals surface area (Å²) in [6.07, 6.45) is 5.27. The van der Waals surface area contributed by atoms with Gasteiger partial charge in [-0.25, -0.2) is 4.98 Å². The molecule has 2 rings (SSSR count). The van der Waals surface area contributed by atoms with Gasteiger partial charge in [-0.05, 0) is 24.8 Å². The number of rotatable bonds is 4. The van der Waals surface area contributed by atoms with Gasteiger partial charge in [-0.3, -0.25) is 10.1 Å². The molecule has 0 radical (unpaired) electrons. The Hall–Kier alpha value is -1.69. The molecule has 0 aromatic carbocycles. The number of nitro groups is 1. The number of nitrogens with zero attached hydrogens (tertiary/aromatic N) is 2. The van der Waals surface area contributed by atoms with Gasteiger partial charge in [-0.15, -0.1) is 0 Å². The van der Waals surface area contributed by atoms with Gasteiger partial charge in [-0.2, -0.15) is 0 Å². The van der Waals surface area contributed by atoms with Crippen molar-refractivity contribution in [3.05, 3.63) is 28.4 Å². The van der Waals surface area contributed by atoms with Crippen molar-refractivity contribution in [2.24, 2.45) is 5.92 Å². The number of pyridine rings is 1. The Morgan fingerprint density at radius 3 is 2.95 bits per heavy atom. The van der Waals surface area contributed by atoms with Crippen LogP contribution in [0.1, 0.15) is 32.6 Å². The lowest BCUT2D eigenvalue weighted by molar-refractivity contribution is -0.385. The van der Waals surface area contributed by atoms with Gasteiger partial charge in [0.1, 0.15) is 12.0 Å². The number of aromatic nitrogens is 1. The number of anilines is 1. The molecule has 2 unspecified atom stereocenters. The highest BCUT2D eigenvalue weighted by atomic mass is 16.6. The fourth-order valence-corrected chi connectivity index (χ4v) is 2.80. The van der Waals surface area contributed by atoms with Gasteiger partial charge in [0.05, 0.1) is 17.1 Å². The Morgan fingerprint density at radius 2 is 2.42 bits per heavy atom. The number of aliphatic hydroxyl groups is 1. The van der Waals surface area contributed by atoms with E-state index in [1.807, 2.05) is 0 Å². The van der Waals surface area contributed by atoms with E-state index in [2.05, 4.69) is 17.2 Å². The molecule has 6 heteroatoms. The molecule has 6 nitrogen and oxygen atoms in total. The highest BCUT2D eigenvalue weighted by Gasteiger charge is 2.34. The largest absolute Gasteiger partial charge is 0.394 e. The smallest absolute Gasteiger partial charge is 0.287 e. The third-order valence-corrected chi connectivity index (χ3v) is 3.75. The molecule has 2 N–H and O–H groups in total. The molecule has 1 aliphatic carbocycles. The van der Waals surface area contributed by atoms with Crippen molar-refractivity contribution in [2.75, 3.05) is 11.9 Å². The zero-order valence-electron chi connectivity index (χ0n) is 11.0. The van der Waals surface area contributed by atoms with Gasteiger partial charge in [0, 0.05) is 6.07 Å². The summed E-state index contributed by atoms with van der Waals surface area (Å²) < 4.78 is 0. The third kappa shape index (κ3) is 3.20. The number of hydrogen-bond donors (Lipinski definition) is 2. The molecule has 104 valence electrons. The molecule has 1 fully saturated rings. The van der Waals surface area contributed by atoms with E-state index < -0.39 is 4.92 Å². The summed E-state index contributed by atoms with van der Waals surface area (Å²) in [5, 5.41) is 23.5. The van der Waals surface area contributed by atoms with Gasteiger partial charge < -0.3 is 10.4 Å². The van der Waals surface area contributed by atoms with E-state index in [0.717, 1.165) is 19.3 Å². The van der Waals surface area contributed by atoms with E-state index in [4.69, 9.17) is 0 Å². The van der Waals surface area contributed by atoms with Crippen LogP contribution in [0.2, 0.25) is 0 Å². The van der Waals surface area contributed by atoms with E-state index in [-0.39, 0.29) is 17.8 Å². The van der Waals surface area contributed by atoms with Crippen molar-refractivity contribution in [2.45, 2.75) is 38.1 Å². The first kappa shape index (κ1) is 13.7.